The van der Waals surface area contributed by atoms with Crippen molar-refractivity contribution in [1.29, 1.82) is 0 Å². The zero-order valence-electron chi connectivity index (χ0n) is 13.0. The molecule has 1 unspecified atom stereocenters. The van der Waals surface area contributed by atoms with Crippen LogP contribution in [0.3, 0.4) is 0 Å². The lowest BCUT2D eigenvalue weighted by Crippen LogP contribution is -2.29. The summed E-state index contributed by atoms with van der Waals surface area (Å²) >= 11 is 0. The normalized spacial score (nSPS) is 23.8. The Balaban J connectivity index is 2.25. The van der Waals surface area contributed by atoms with Crippen LogP contribution < -0.4 is 10.2 Å². The summed E-state index contributed by atoms with van der Waals surface area (Å²) in [4.78, 5) is 11.4. The third kappa shape index (κ3) is 3.60. The minimum Gasteiger partial charge on any atom is -0.390 e. The molecule has 1 saturated heterocycles. The summed E-state index contributed by atoms with van der Waals surface area (Å²) in [6, 6.07) is 1.99. The summed E-state index contributed by atoms with van der Waals surface area (Å²) in [5, 5.41) is 13.3. The minimum absolute atomic E-state index is 0.303. The van der Waals surface area contributed by atoms with Crippen LogP contribution >= 0.6 is 0 Å². The van der Waals surface area contributed by atoms with Crippen LogP contribution in [-0.4, -0.2) is 40.8 Å². The van der Waals surface area contributed by atoms with Crippen molar-refractivity contribution in [3.05, 3.63) is 11.9 Å². The van der Waals surface area contributed by atoms with Gasteiger partial charge in [-0.1, -0.05) is 13.8 Å². The first-order chi connectivity index (χ1) is 9.41. The standard InChI is InChI=1S/C15H26N4O/c1-11(2)14-17-12(16-4)10-13(18-14)19-8-5-6-15(3,20)7-9-19/h10-11,20H,5-9H2,1-4H3,(H,16,17,18). The molecule has 1 aromatic heterocycles. The van der Waals surface area contributed by atoms with E-state index in [2.05, 4.69) is 34.0 Å². The predicted molar refractivity (Wildman–Crippen MR) is 82.4 cm³/mol. The number of aliphatic hydroxyl groups is 1. The van der Waals surface area contributed by atoms with Crippen LogP contribution in [0.25, 0.3) is 0 Å². The summed E-state index contributed by atoms with van der Waals surface area (Å²) in [7, 11) is 1.88. The van der Waals surface area contributed by atoms with Crippen molar-refractivity contribution in [2.75, 3.05) is 30.4 Å². The molecule has 2 heterocycles. The third-order valence-electron chi connectivity index (χ3n) is 3.89. The monoisotopic (exact) mass is 278 g/mol. The van der Waals surface area contributed by atoms with E-state index >= 15 is 0 Å². The highest BCUT2D eigenvalue weighted by molar-refractivity contribution is 5.49. The molecule has 2 rings (SSSR count). The number of nitrogens with one attached hydrogen (secondary N) is 1. The molecule has 5 heteroatoms. The summed E-state index contributed by atoms with van der Waals surface area (Å²) in [5.74, 6) is 2.99. The molecule has 0 aromatic carbocycles. The fourth-order valence-corrected chi connectivity index (χ4v) is 2.49. The number of nitrogens with zero attached hydrogens (tertiary/aromatic N) is 3. The van der Waals surface area contributed by atoms with Crippen molar-refractivity contribution in [2.45, 2.75) is 51.6 Å². The van der Waals surface area contributed by atoms with Crippen molar-refractivity contribution in [2.24, 2.45) is 0 Å². The summed E-state index contributed by atoms with van der Waals surface area (Å²) in [5.41, 5.74) is -0.547. The van der Waals surface area contributed by atoms with Crippen molar-refractivity contribution in [3.8, 4) is 0 Å². The molecule has 1 aliphatic rings. The Morgan fingerprint density at radius 2 is 2.05 bits per heavy atom. The van der Waals surface area contributed by atoms with Crippen molar-refractivity contribution < 1.29 is 5.11 Å². The number of hydrogen-bond acceptors (Lipinski definition) is 5. The molecule has 112 valence electrons. The zero-order valence-corrected chi connectivity index (χ0v) is 13.0. The maximum atomic E-state index is 10.2. The second-order valence-electron chi connectivity index (χ2n) is 6.21. The van der Waals surface area contributed by atoms with Gasteiger partial charge in [0.1, 0.15) is 17.5 Å². The average molecular weight is 278 g/mol. The van der Waals surface area contributed by atoms with Gasteiger partial charge in [-0.25, -0.2) is 9.97 Å². The van der Waals surface area contributed by atoms with E-state index in [-0.39, 0.29) is 0 Å². The van der Waals surface area contributed by atoms with E-state index in [1.54, 1.807) is 0 Å². The molecular formula is C15H26N4O. The maximum Gasteiger partial charge on any atom is 0.135 e. The first kappa shape index (κ1) is 15.0. The van der Waals surface area contributed by atoms with E-state index < -0.39 is 5.60 Å². The Morgan fingerprint density at radius 3 is 2.70 bits per heavy atom. The van der Waals surface area contributed by atoms with E-state index in [9.17, 15) is 5.11 Å². The van der Waals surface area contributed by atoms with E-state index in [0.717, 1.165) is 49.8 Å². The Morgan fingerprint density at radius 1 is 1.30 bits per heavy atom. The second kappa shape index (κ2) is 5.95. The Bertz CT molecular complexity index is 459. The summed E-state index contributed by atoms with van der Waals surface area (Å²) in [6.45, 7) is 7.91. The van der Waals surface area contributed by atoms with Gasteiger partial charge in [0.25, 0.3) is 0 Å². The first-order valence-corrected chi connectivity index (χ1v) is 7.45. The highest BCUT2D eigenvalue weighted by atomic mass is 16.3. The molecule has 0 spiro atoms. The van der Waals surface area contributed by atoms with Crippen LogP contribution in [0.15, 0.2) is 6.07 Å². The van der Waals surface area contributed by atoms with Gasteiger partial charge in [-0.05, 0) is 26.2 Å². The highest BCUT2D eigenvalue weighted by Crippen LogP contribution is 2.26. The van der Waals surface area contributed by atoms with Crippen molar-refractivity contribution in [3.63, 3.8) is 0 Å². The van der Waals surface area contributed by atoms with Crippen LogP contribution in [0.1, 0.15) is 51.8 Å². The van der Waals surface area contributed by atoms with E-state index in [1.165, 1.54) is 0 Å². The molecule has 1 aliphatic heterocycles. The quantitative estimate of drug-likeness (QED) is 0.889. The molecule has 2 N–H and O–H groups in total. The van der Waals surface area contributed by atoms with E-state index in [0.29, 0.717) is 5.92 Å². The topological polar surface area (TPSA) is 61.3 Å². The van der Waals surface area contributed by atoms with Crippen LogP contribution in [0, 0.1) is 0 Å². The average Bonchev–Trinajstić information content (AvgIpc) is 2.59. The van der Waals surface area contributed by atoms with Crippen LogP contribution in [0.2, 0.25) is 0 Å². The SMILES string of the molecule is CNc1cc(N2CCCC(C)(O)CC2)nc(C(C)C)n1. The number of hydrogen-bond donors (Lipinski definition) is 2. The Labute approximate surface area is 121 Å². The van der Waals surface area contributed by atoms with Gasteiger partial charge in [-0.3, -0.25) is 0 Å². The van der Waals surface area contributed by atoms with Gasteiger partial charge in [-0.15, -0.1) is 0 Å². The van der Waals surface area contributed by atoms with Crippen LogP contribution in [-0.2, 0) is 0 Å². The van der Waals surface area contributed by atoms with Crippen LogP contribution in [0.4, 0.5) is 11.6 Å². The fourth-order valence-electron chi connectivity index (χ4n) is 2.49. The lowest BCUT2D eigenvalue weighted by atomic mass is 9.98. The smallest absolute Gasteiger partial charge is 0.135 e. The predicted octanol–water partition coefficient (Wildman–Crippen LogP) is 2.38. The molecule has 0 saturated carbocycles. The molecule has 1 atom stereocenters. The van der Waals surface area contributed by atoms with Crippen molar-refractivity contribution >= 4 is 11.6 Å². The molecule has 0 aliphatic carbocycles. The van der Waals surface area contributed by atoms with Gasteiger partial charge in [0.15, 0.2) is 0 Å². The number of anilines is 2. The maximum absolute atomic E-state index is 10.2. The number of rotatable bonds is 3. The van der Waals surface area contributed by atoms with Gasteiger partial charge in [-0.2, -0.15) is 0 Å². The lowest BCUT2D eigenvalue weighted by molar-refractivity contribution is 0.0481. The lowest BCUT2D eigenvalue weighted by Gasteiger charge is -2.24. The van der Waals surface area contributed by atoms with Gasteiger partial charge >= 0.3 is 0 Å². The minimum atomic E-state index is -0.547. The molecule has 0 radical (unpaired) electrons. The highest BCUT2D eigenvalue weighted by Gasteiger charge is 2.26. The Kier molecular flexibility index (Phi) is 4.48. The summed E-state index contributed by atoms with van der Waals surface area (Å²) in [6.07, 6.45) is 2.62. The third-order valence-corrected chi connectivity index (χ3v) is 3.89. The second-order valence-corrected chi connectivity index (χ2v) is 6.21. The van der Waals surface area contributed by atoms with Crippen LogP contribution in [0.5, 0.6) is 0 Å². The molecule has 0 amide bonds. The summed E-state index contributed by atoms with van der Waals surface area (Å²) < 4.78 is 0. The molecule has 1 fully saturated rings. The van der Waals surface area contributed by atoms with Gasteiger partial charge in [0.2, 0.25) is 0 Å². The van der Waals surface area contributed by atoms with Crippen molar-refractivity contribution in [1.82, 2.24) is 9.97 Å². The molecule has 5 nitrogen and oxygen atoms in total. The molecule has 20 heavy (non-hydrogen) atoms. The Hall–Kier alpha value is -1.36. The van der Waals surface area contributed by atoms with Gasteiger partial charge in [0, 0.05) is 32.1 Å². The largest absolute Gasteiger partial charge is 0.390 e. The zero-order chi connectivity index (χ0) is 14.8. The van der Waals surface area contributed by atoms with E-state index in [1.807, 2.05) is 20.0 Å². The molecular weight excluding hydrogens is 252 g/mol. The molecule has 0 bridgehead atoms. The van der Waals surface area contributed by atoms with Gasteiger partial charge < -0.3 is 15.3 Å². The number of aromatic nitrogens is 2. The first-order valence-electron chi connectivity index (χ1n) is 7.45. The van der Waals surface area contributed by atoms with Gasteiger partial charge in [0.05, 0.1) is 5.60 Å². The van der Waals surface area contributed by atoms with E-state index in [4.69, 9.17) is 0 Å². The molecule has 1 aromatic rings. The fraction of sp³-hybridized carbons (Fsp3) is 0.733.